The Bertz CT molecular complexity index is 649. The number of anilines is 2. The van der Waals surface area contributed by atoms with Crippen LogP contribution < -0.4 is 11.5 Å². The molecule has 2 aromatic heterocycles. The molecule has 1 aliphatic rings. The second-order valence-corrected chi connectivity index (χ2v) is 4.47. The van der Waals surface area contributed by atoms with Crippen molar-refractivity contribution < 1.29 is 19.3 Å². The van der Waals surface area contributed by atoms with E-state index in [1.54, 1.807) is 0 Å². The molecule has 0 bridgehead atoms. The number of fused-ring (bicyclic) bond motifs is 1. The quantitative estimate of drug-likeness (QED) is 0.525. The van der Waals surface area contributed by atoms with Crippen molar-refractivity contribution in [1.82, 2.24) is 19.5 Å². The summed E-state index contributed by atoms with van der Waals surface area (Å²) in [5, 5.41) is 18.7. The molecule has 0 aliphatic carbocycles. The van der Waals surface area contributed by atoms with E-state index in [2.05, 4.69) is 15.0 Å². The molecule has 0 aromatic carbocycles. The van der Waals surface area contributed by atoms with Crippen molar-refractivity contribution in [3.05, 3.63) is 6.33 Å². The Kier molecular flexibility index (Phi) is 2.92. The first kappa shape index (κ1) is 13.0. The van der Waals surface area contributed by atoms with Crippen LogP contribution in [0.15, 0.2) is 6.33 Å². The average molecular weight is 284 g/mol. The smallest absolute Gasteiger partial charge is 0.224 e. The maximum Gasteiger partial charge on any atom is 0.224 e. The maximum atomic E-state index is 14.1. The van der Waals surface area contributed by atoms with E-state index in [0.717, 1.165) is 0 Å². The second-order valence-electron chi connectivity index (χ2n) is 4.47. The molecule has 1 unspecified atom stereocenters. The van der Waals surface area contributed by atoms with E-state index in [9.17, 15) is 9.50 Å². The van der Waals surface area contributed by atoms with Crippen LogP contribution in [0, 0.1) is 0 Å². The number of nitrogen functional groups attached to an aromatic ring is 2. The molecule has 10 heteroatoms. The number of aliphatic hydroxyl groups excluding tert-OH is 2. The van der Waals surface area contributed by atoms with Gasteiger partial charge in [0, 0.05) is 0 Å². The fourth-order valence-electron chi connectivity index (χ4n) is 2.22. The van der Waals surface area contributed by atoms with Crippen LogP contribution in [0.4, 0.5) is 16.2 Å². The highest BCUT2D eigenvalue weighted by molar-refractivity contribution is 5.82. The topological polar surface area (TPSA) is 145 Å². The lowest BCUT2D eigenvalue weighted by Gasteiger charge is -2.15. The molecule has 0 saturated carbocycles. The first-order valence-electron chi connectivity index (χ1n) is 5.87. The van der Waals surface area contributed by atoms with Gasteiger partial charge >= 0.3 is 0 Å². The Hall–Kier alpha value is -2.04. The normalized spacial score (nSPS) is 30.1. The fourth-order valence-corrected chi connectivity index (χ4v) is 2.22. The molecule has 3 rings (SSSR count). The summed E-state index contributed by atoms with van der Waals surface area (Å²) in [4.78, 5) is 11.7. The van der Waals surface area contributed by atoms with E-state index >= 15 is 0 Å². The van der Waals surface area contributed by atoms with Gasteiger partial charge in [-0.05, 0) is 0 Å². The number of hydrogen-bond donors (Lipinski definition) is 4. The minimum absolute atomic E-state index is 0.0684. The summed E-state index contributed by atoms with van der Waals surface area (Å²) in [7, 11) is 0. The van der Waals surface area contributed by atoms with Crippen LogP contribution in [0.5, 0.6) is 0 Å². The van der Waals surface area contributed by atoms with Gasteiger partial charge in [0.1, 0.15) is 17.7 Å². The standard InChI is InChI=1S/C10H13FN6O3/c11-4-6(19)3(1-18)20-9(4)17-2-14-5-7(12)15-10(13)16-8(5)17/h2-4,6,9,18-19H,1H2,(H4,12,13,15,16)/t3-,4+,6?,9-/m1/s1. The highest BCUT2D eigenvalue weighted by Crippen LogP contribution is 2.33. The van der Waals surface area contributed by atoms with Crippen LogP contribution >= 0.6 is 0 Å². The zero-order valence-corrected chi connectivity index (χ0v) is 10.2. The number of aromatic nitrogens is 4. The summed E-state index contributed by atoms with van der Waals surface area (Å²) in [5.74, 6) is -0.0108. The van der Waals surface area contributed by atoms with Crippen molar-refractivity contribution in [2.24, 2.45) is 0 Å². The van der Waals surface area contributed by atoms with E-state index in [-0.39, 0.29) is 22.9 Å². The van der Waals surface area contributed by atoms with Gasteiger partial charge in [0.05, 0.1) is 12.9 Å². The van der Waals surface area contributed by atoms with E-state index in [1.807, 2.05) is 0 Å². The molecular formula is C10H13FN6O3. The van der Waals surface area contributed by atoms with Gasteiger partial charge in [0.2, 0.25) is 5.95 Å². The fraction of sp³-hybridized carbons (Fsp3) is 0.500. The second kappa shape index (κ2) is 4.51. The molecule has 0 radical (unpaired) electrons. The number of ether oxygens (including phenoxy) is 1. The van der Waals surface area contributed by atoms with E-state index in [1.165, 1.54) is 10.9 Å². The van der Waals surface area contributed by atoms with Crippen LogP contribution in [-0.2, 0) is 4.74 Å². The van der Waals surface area contributed by atoms with Gasteiger partial charge in [-0.15, -0.1) is 0 Å². The van der Waals surface area contributed by atoms with Gasteiger partial charge in [-0.3, -0.25) is 4.57 Å². The molecule has 0 amide bonds. The first-order chi connectivity index (χ1) is 9.52. The lowest BCUT2D eigenvalue weighted by molar-refractivity contribution is -0.0459. The van der Waals surface area contributed by atoms with Crippen molar-refractivity contribution >= 4 is 22.9 Å². The van der Waals surface area contributed by atoms with Crippen LogP contribution in [0.25, 0.3) is 11.2 Å². The van der Waals surface area contributed by atoms with Gasteiger partial charge in [-0.25, -0.2) is 9.37 Å². The third kappa shape index (κ3) is 1.77. The van der Waals surface area contributed by atoms with Crippen molar-refractivity contribution in [1.29, 1.82) is 0 Å². The predicted molar refractivity (Wildman–Crippen MR) is 66.0 cm³/mol. The van der Waals surface area contributed by atoms with Gasteiger partial charge in [0.15, 0.2) is 23.9 Å². The molecule has 20 heavy (non-hydrogen) atoms. The van der Waals surface area contributed by atoms with Crippen molar-refractivity contribution in [2.75, 3.05) is 18.1 Å². The minimum Gasteiger partial charge on any atom is -0.394 e. The zero-order chi connectivity index (χ0) is 14.4. The van der Waals surface area contributed by atoms with Crippen LogP contribution in [0.2, 0.25) is 0 Å². The summed E-state index contributed by atoms with van der Waals surface area (Å²) in [6.07, 6.45) is -4.07. The number of imidazole rings is 1. The minimum atomic E-state index is -1.73. The third-order valence-corrected chi connectivity index (χ3v) is 3.21. The molecule has 4 atom stereocenters. The largest absolute Gasteiger partial charge is 0.394 e. The molecule has 0 spiro atoms. The van der Waals surface area contributed by atoms with E-state index in [4.69, 9.17) is 21.3 Å². The van der Waals surface area contributed by atoms with Crippen molar-refractivity contribution in [2.45, 2.75) is 24.6 Å². The Labute approximate surface area is 112 Å². The zero-order valence-electron chi connectivity index (χ0n) is 10.2. The summed E-state index contributed by atoms with van der Waals surface area (Å²) in [6.45, 7) is -0.496. The molecule has 9 nitrogen and oxygen atoms in total. The average Bonchev–Trinajstić information content (AvgIpc) is 2.93. The molecule has 108 valence electrons. The van der Waals surface area contributed by atoms with Crippen molar-refractivity contribution in [3.63, 3.8) is 0 Å². The van der Waals surface area contributed by atoms with Gasteiger partial charge in [-0.2, -0.15) is 9.97 Å². The summed E-state index contributed by atoms with van der Waals surface area (Å²) in [6, 6.07) is 0. The molecule has 2 aromatic rings. The van der Waals surface area contributed by atoms with Crippen molar-refractivity contribution in [3.8, 4) is 0 Å². The van der Waals surface area contributed by atoms with Crippen LogP contribution in [-0.4, -0.2) is 54.7 Å². The van der Waals surface area contributed by atoms with Crippen LogP contribution in [0.1, 0.15) is 6.23 Å². The molecule has 1 aliphatic heterocycles. The molecule has 3 heterocycles. The molecule has 6 N–H and O–H groups in total. The summed E-state index contributed by atoms with van der Waals surface area (Å²) >= 11 is 0. The summed E-state index contributed by atoms with van der Waals surface area (Å²) in [5.41, 5.74) is 11.6. The molecule has 1 fully saturated rings. The highest BCUT2D eigenvalue weighted by Gasteiger charge is 2.45. The van der Waals surface area contributed by atoms with Gasteiger partial charge in [-0.1, -0.05) is 0 Å². The van der Waals surface area contributed by atoms with Gasteiger partial charge < -0.3 is 26.4 Å². The first-order valence-corrected chi connectivity index (χ1v) is 5.87. The summed E-state index contributed by atoms with van der Waals surface area (Å²) < 4.78 is 20.6. The lowest BCUT2D eigenvalue weighted by Crippen LogP contribution is -2.30. The number of halogens is 1. The Morgan fingerprint density at radius 3 is 2.80 bits per heavy atom. The number of nitrogens with two attached hydrogens (primary N) is 2. The lowest BCUT2D eigenvalue weighted by atomic mass is 10.1. The Balaban J connectivity index is 2.07. The molecular weight excluding hydrogens is 271 g/mol. The number of rotatable bonds is 2. The number of nitrogens with zero attached hydrogens (tertiary/aromatic N) is 4. The number of hydrogen-bond acceptors (Lipinski definition) is 8. The van der Waals surface area contributed by atoms with Crippen LogP contribution in [0.3, 0.4) is 0 Å². The maximum absolute atomic E-state index is 14.1. The SMILES string of the molecule is Nc1nc(N)c2ncn([C@@H]3O[C@H](CO)C(O)[C@@H]3F)c2n1. The van der Waals surface area contributed by atoms with Gasteiger partial charge in [0.25, 0.3) is 0 Å². The monoisotopic (exact) mass is 284 g/mol. The highest BCUT2D eigenvalue weighted by atomic mass is 19.1. The Morgan fingerprint density at radius 2 is 2.15 bits per heavy atom. The third-order valence-electron chi connectivity index (χ3n) is 3.21. The number of aliphatic hydroxyl groups is 2. The molecule has 1 saturated heterocycles. The number of alkyl halides is 1. The predicted octanol–water partition coefficient (Wildman–Crippen LogP) is -1.42. The van der Waals surface area contributed by atoms with E-state index < -0.39 is 31.2 Å². The van der Waals surface area contributed by atoms with E-state index in [0.29, 0.717) is 0 Å². The Morgan fingerprint density at radius 1 is 1.40 bits per heavy atom.